The van der Waals surface area contributed by atoms with E-state index >= 15 is 0 Å². The number of halogens is 1. The Morgan fingerprint density at radius 3 is 2.67 bits per heavy atom. The lowest BCUT2D eigenvalue weighted by Crippen LogP contribution is -2.42. The van der Waals surface area contributed by atoms with Crippen LogP contribution < -0.4 is 10.6 Å². The van der Waals surface area contributed by atoms with Crippen molar-refractivity contribution in [2.75, 3.05) is 5.32 Å². The fraction of sp³-hybridized carbons (Fsp3) is 0.250. The van der Waals surface area contributed by atoms with Crippen molar-refractivity contribution in [2.45, 2.75) is 44.0 Å². The van der Waals surface area contributed by atoms with Crippen molar-refractivity contribution >= 4 is 74.8 Å². The summed E-state index contributed by atoms with van der Waals surface area (Å²) in [6, 6.07) is 17.6. The van der Waals surface area contributed by atoms with E-state index in [1.165, 1.54) is 16.7 Å². The van der Waals surface area contributed by atoms with Crippen molar-refractivity contribution in [1.29, 1.82) is 0 Å². The molecule has 8 nitrogen and oxygen atoms in total. The number of anilines is 1. The fourth-order valence-electron chi connectivity index (χ4n) is 4.23. The zero-order chi connectivity index (χ0) is 27.4. The zero-order valence-electron chi connectivity index (χ0n) is 21.1. The smallest absolute Gasteiger partial charge is 0.259 e. The molecule has 1 aromatic heterocycles. The minimum Gasteiger partial charge on any atom is -0.351 e. The summed E-state index contributed by atoms with van der Waals surface area (Å²) in [4.78, 5) is 51.2. The maximum atomic E-state index is 13.6. The molecular formula is C28H26ClN5O3S2. The number of thioether (sulfide) groups is 1. The summed E-state index contributed by atoms with van der Waals surface area (Å²) in [6.07, 6.45) is 0.978. The lowest BCUT2D eigenvalue weighted by molar-refractivity contribution is -0.125. The Kier molecular flexibility index (Phi) is 8.44. The van der Waals surface area contributed by atoms with Crippen LogP contribution in [-0.2, 0) is 20.9 Å². The maximum absolute atomic E-state index is 13.6. The Balaban J connectivity index is 1.30. The Morgan fingerprint density at radius 2 is 1.92 bits per heavy atom. The molecule has 0 saturated carbocycles. The summed E-state index contributed by atoms with van der Waals surface area (Å²) in [7, 11) is 0. The number of hydrogen-bond donors (Lipinski definition) is 2. The van der Waals surface area contributed by atoms with Crippen LogP contribution in [-0.4, -0.2) is 44.9 Å². The van der Waals surface area contributed by atoms with E-state index in [1.807, 2.05) is 48.7 Å². The number of carbonyl (C=O) groups is 3. The largest absolute Gasteiger partial charge is 0.351 e. The molecule has 2 aliphatic rings. The van der Waals surface area contributed by atoms with Crippen molar-refractivity contribution in [2.24, 2.45) is 9.98 Å². The highest BCUT2D eigenvalue weighted by Crippen LogP contribution is 2.36. The molecule has 2 aliphatic heterocycles. The minimum absolute atomic E-state index is 0.130. The van der Waals surface area contributed by atoms with Gasteiger partial charge in [0.05, 0.1) is 17.5 Å². The summed E-state index contributed by atoms with van der Waals surface area (Å²) in [6.45, 7) is 2.38. The molecule has 0 aliphatic carbocycles. The number of amides is 3. The number of aliphatic imine (C=N–C) groups is 2. The lowest BCUT2D eigenvalue weighted by Gasteiger charge is -2.27. The second-order valence-corrected chi connectivity index (χ2v) is 11.6. The third-order valence-corrected chi connectivity index (χ3v) is 8.70. The van der Waals surface area contributed by atoms with Gasteiger partial charge in [-0.15, -0.1) is 11.3 Å². The van der Waals surface area contributed by atoms with Gasteiger partial charge in [0.1, 0.15) is 11.9 Å². The molecule has 0 unspecified atom stereocenters. The van der Waals surface area contributed by atoms with E-state index in [-0.39, 0.29) is 30.6 Å². The average Bonchev–Trinajstić information content (AvgIpc) is 3.58. The minimum atomic E-state index is -0.701. The third-order valence-electron chi connectivity index (χ3n) is 6.26. The van der Waals surface area contributed by atoms with Crippen molar-refractivity contribution in [3.05, 3.63) is 81.5 Å². The van der Waals surface area contributed by atoms with E-state index in [0.29, 0.717) is 40.4 Å². The predicted molar refractivity (Wildman–Crippen MR) is 158 cm³/mol. The summed E-state index contributed by atoms with van der Waals surface area (Å²) < 4.78 is 0. The van der Waals surface area contributed by atoms with E-state index in [1.54, 1.807) is 35.6 Å². The molecule has 3 aromatic rings. The number of hydrogen-bond acceptors (Lipinski definition) is 7. The number of benzene rings is 2. The number of carbonyl (C=O) groups excluding carboxylic acids is 3. The molecule has 3 heterocycles. The number of rotatable bonds is 9. The van der Waals surface area contributed by atoms with E-state index in [0.717, 1.165) is 10.4 Å². The molecule has 2 aromatic carbocycles. The molecule has 11 heteroatoms. The first-order valence-corrected chi connectivity index (χ1v) is 14.7. The molecule has 0 spiro atoms. The maximum Gasteiger partial charge on any atom is 0.259 e. The molecule has 2 N–H and O–H groups in total. The second kappa shape index (κ2) is 12.1. The van der Waals surface area contributed by atoms with Crippen LogP contribution in [0.3, 0.4) is 0 Å². The van der Waals surface area contributed by atoms with Crippen molar-refractivity contribution in [3.8, 4) is 0 Å². The van der Waals surface area contributed by atoms with Gasteiger partial charge in [-0.25, -0.2) is 9.89 Å². The van der Waals surface area contributed by atoms with Crippen molar-refractivity contribution in [1.82, 2.24) is 10.2 Å². The molecule has 3 amide bonds. The number of amidine groups is 2. The highest BCUT2D eigenvalue weighted by molar-refractivity contribution is 8.15. The highest BCUT2D eigenvalue weighted by atomic mass is 35.5. The van der Waals surface area contributed by atoms with Gasteiger partial charge >= 0.3 is 0 Å². The number of thiophene rings is 1. The van der Waals surface area contributed by atoms with Gasteiger partial charge in [-0.05, 0) is 60.7 Å². The van der Waals surface area contributed by atoms with Crippen LogP contribution in [0.25, 0.3) is 0 Å². The molecule has 0 fully saturated rings. The van der Waals surface area contributed by atoms with Gasteiger partial charge in [0.25, 0.3) is 5.91 Å². The van der Waals surface area contributed by atoms with Gasteiger partial charge in [-0.1, -0.05) is 48.5 Å². The van der Waals surface area contributed by atoms with E-state index in [2.05, 4.69) is 10.6 Å². The summed E-state index contributed by atoms with van der Waals surface area (Å²) >= 11 is 8.77. The zero-order valence-corrected chi connectivity index (χ0v) is 23.5. The van der Waals surface area contributed by atoms with Crippen molar-refractivity contribution in [3.63, 3.8) is 0 Å². The quantitative estimate of drug-likeness (QED) is 0.344. The van der Waals surface area contributed by atoms with Gasteiger partial charge in [0.2, 0.25) is 11.8 Å². The van der Waals surface area contributed by atoms with Crippen LogP contribution in [0.5, 0.6) is 0 Å². The van der Waals surface area contributed by atoms with Gasteiger partial charge in [0.15, 0.2) is 5.17 Å². The van der Waals surface area contributed by atoms with E-state index < -0.39 is 11.3 Å². The van der Waals surface area contributed by atoms with Gasteiger partial charge in [-0.3, -0.25) is 19.4 Å². The standard InChI is InChI=1S/C28H26ClN5O3S2/c1-2-23(26(36)31-18-11-9-17(29)10-12-18)39-28-33-21-8-4-3-7-20(21)25-32-22(27(37)34(25)28)13-14-24(35)30-16-19-6-5-15-38-19/h3-12,15,22-23H,2,13-14,16H2,1H3,(H,30,35)(H,31,36)/t22-,23+/m0/s1. The molecule has 39 heavy (non-hydrogen) atoms. The Bertz CT molecular complexity index is 1440. The summed E-state index contributed by atoms with van der Waals surface area (Å²) in [5, 5.41) is 8.26. The van der Waals surface area contributed by atoms with Crippen LogP contribution in [0.4, 0.5) is 11.4 Å². The first-order valence-electron chi connectivity index (χ1n) is 12.5. The molecule has 0 bridgehead atoms. The molecular weight excluding hydrogens is 554 g/mol. The topological polar surface area (TPSA) is 103 Å². The molecule has 0 radical (unpaired) electrons. The van der Waals surface area contributed by atoms with Gasteiger partial charge < -0.3 is 10.6 Å². The summed E-state index contributed by atoms with van der Waals surface area (Å²) in [5.74, 6) is -0.0693. The highest BCUT2D eigenvalue weighted by Gasteiger charge is 2.42. The summed E-state index contributed by atoms with van der Waals surface area (Å²) in [5.41, 5.74) is 2.07. The van der Waals surface area contributed by atoms with Crippen LogP contribution in [0.15, 0.2) is 76.0 Å². The number of para-hydroxylation sites is 1. The molecule has 0 saturated heterocycles. The van der Waals surface area contributed by atoms with Crippen LogP contribution in [0, 0.1) is 0 Å². The normalized spacial score (nSPS) is 16.6. The fourth-order valence-corrected chi connectivity index (χ4v) is 6.02. The first-order chi connectivity index (χ1) is 18.9. The lowest BCUT2D eigenvalue weighted by atomic mass is 10.1. The Labute approximate surface area is 239 Å². The Morgan fingerprint density at radius 1 is 1.13 bits per heavy atom. The second-order valence-electron chi connectivity index (χ2n) is 8.96. The molecule has 200 valence electrons. The van der Waals surface area contributed by atoms with Crippen LogP contribution in [0.1, 0.15) is 36.6 Å². The Hall–Kier alpha value is -3.47. The van der Waals surface area contributed by atoms with E-state index in [9.17, 15) is 14.4 Å². The molecule has 2 atom stereocenters. The van der Waals surface area contributed by atoms with Gasteiger partial charge in [0, 0.05) is 27.6 Å². The predicted octanol–water partition coefficient (Wildman–Crippen LogP) is 5.61. The van der Waals surface area contributed by atoms with E-state index in [4.69, 9.17) is 21.6 Å². The van der Waals surface area contributed by atoms with Crippen LogP contribution >= 0.6 is 34.7 Å². The number of nitrogens with one attached hydrogen (secondary N) is 2. The first kappa shape index (κ1) is 27.1. The van der Waals surface area contributed by atoms with Crippen LogP contribution in [0.2, 0.25) is 5.02 Å². The average molecular weight is 580 g/mol. The molecule has 5 rings (SSSR count). The number of fused-ring (bicyclic) bond motifs is 3. The monoisotopic (exact) mass is 579 g/mol. The van der Waals surface area contributed by atoms with Gasteiger partial charge in [-0.2, -0.15) is 0 Å². The SMILES string of the molecule is CC[C@@H](SC1=Nc2ccccc2C2=N[C@@H](CCC(=O)NCc3cccs3)C(=O)N12)C(=O)Nc1ccc(Cl)cc1. The van der Waals surface area contributed by atoms with Crippen molar-refractivity contribution < 1.29 is 14.4 Å². The number of nitrogens with zero attached hydrogens (tertiary/aromatic N) is 3. The third kappa shape index (κ3) is 6.24.